The Morgan fingerprint density at radius 2 is 1.83 bits per heavy atom. The number of terminal acetylenes is 1. The van der Waals surface area contributed by atoms with Crippen LogP contribution in [0, 0.1) is 12.3 Å². The summed E-state index contributed by atoms with van der Waals surface area (Å²) in [6, 6.07) is 12.4. The zero-order valence-corrected chi connectivity index (χ0v) is 13.8. The van der Waals surface area contributed by atoms with Crippen LogP contribution in [0.15, 0.2) is 49.1 Å². The molecular formula is C21H22O2. The highest BCUT2D eigenvalue weighted by atomic mass is 16.5. The quantitative estimate of drug-likeness (QED) is 0.547. The third kappa shape index (κ3) is 3.96. The number of aryl methyl sites for hydroxylation is 1. The third-order valence-corrected chi connectivity index (χ3v) is 3.77. The number of hydrogen-bond acceptors (Lipinski definition) is 2. The zero-order valence-electron chi connectivity index (χ0n) is 13.8. The molecule has 0 aliphatic rings. The standard InChI is InChI=1S/C21H22O2/c1-5-7-9-18-15-17(11-13-20(18)22-3)19-14-16(8-6-2)10-12-21(19)23-4/h1,6,10-15H,2,7-9H2,3-4H3. The highest BCUT2D eigenvalue weighted by molar-refractivity contribution is 5.72. The van der Waals surface area contributed by atoms with Gasteiger partial charge >= 0.3 is 0 Å². The van der Waals surface area contributed by atoms with Crippen LogP contribution in [0.2, 0.25) is 0 Å². The molecule has 0 aromatic heterocycles. The smallest absolute Gasteiger partial charge is 0.126 e. The van der Waals surface area contributed by atoms with E-state index < -0.39 is 0 Å². The van der Waals surface area contributed by atoms with Crippen molar-refractivity contribution in [1.29, 1.82) is 0 Å². The average molecular weight is 306 g/mol. The van der Waals surface area contributed by atoms with Crippen LogP contribution >= 0.6 is 0 Å². The molecule has 23 heavy (non-hydrogen) atoms. The van der Waals surface area contributed by atoms with Gasteiger partial charge in [-0.15, -0.1) is 18.9 Å². The Kier molecular flexibility index (Phi) is 5.88. The van der Waals surface area contributed by atoms with Gasteiger partial charge in [0.1, 0.15) is 11.5 Å². The molecule has 0 saturated carbocycles. The lowest BCUT2D eigenvalue weighted by Crippen LogP contribution is -1.95. The van der Waals surface area contributed by atoms with Crippen molar-refractivity contribution in [3.8, 4) is 35.0 Å². The van der Waals surface area contributed by atoms with Crippen molar-refractivity contribution in [2.75, 3.05) is 14.2 Å². The Morgan fingerprint density at radius 3 is 2.48 bits per heavy atom. The number of allylic oxidation sites excluding steroid dienone is 1. The summed E-state index contributed by atoms with van der Waals surface area (Å²) in [4.78, 5) is 0. The molecule has 0 saturated heterocycles. The van der Waals surface area contributed by atoms with E-state index in [1.54, 1.807) is 14.2 Å². The lowest BCUT2D eigenvalue weighted by atomic mass is 9.97. The summed E-state index contributed by atoms with van der Waals surface area (Å²) in [5, 5.41) is 0. The molecule has 0 radical (unpaired) electrons. The molecule has 0 spiro atoms. The monoisotopic (exact) mass is 306 g/mol. The SMILES string of the molecule is C#CCCc1cc(-c2cc(CC=C)ccc2OC)ccc1OC. The maximum absolute atomic E-state index is 5.52. The van der Waals surface area contributed by atoms with Crippen LogP contribution < -0.4 is 9.47 Å². The van der Waals surface area contributed by atoms with E-state index in [-0.39, 0.29) is 0 Å². The summed E-state index contributed by atoms with van der Waals surface area (Å²) in [5.41, 5.74) is 4.48. The van der Waals surface area contributed by atoms with Gasteiger partial charge in [-0.05, 0) is 53.8 Å². The largest absolute Gasteiger partial charge is 0.496 e. The highest BCUT2D eigenvalue weighted by Crippen LogP contribution is 2.34. The summed E-state index contributed by atoms with van der Waals surface area (Å²) in [5.74, 6) is 4.40. The number of benzene rings is 2. The van der Waals surface area contributed by atoms with Crippen LogP contribution in [-0.2, 0) is 12.8 Å². The van der Waals surface area contributed by atoms with Crippen LogP contribution in [0.4, 0.5) is 0 Å². The van der Waals surface area contributed by atoms with E-state index >= 15 is 0 Å². The first-order valence-electron chi connectivity index (χ1n) is 7.62. The summed E-state index contributed by atoms with van der Waals surface area (Å²) in [6.07, 6.45) is 9.61. The van der Waals surface area contributed by atoms with E-state index in [0.29, 0.717) is 6.42 Å². The Labute approximate surface area is 138 Å². The highest BCUT2D eigenvalue weighted by Gasteiger charge is 2.10. The van der Waals surface area contributed by atoms with Gasteiger partial charge in [-0.1, -0.05) is 18.2 Å². The second-order valence-electron chi connectivity index (χ2n) is 5.26. The van der Waals surface area contributed by atoms with Gasteiger partial charge in [-0.2, -0.15) is 0 Å². The van der Waals surface area contributed by atoms with Crippen molar-refractivity contribution >= 4 is 0 Å². The zero-order chi connectivity index (χ0) is 16.7. The fraction of sp³-hybridized carbons (Fsp3) is 0.238. The van der Waals surface area contributed by atoms with Gasteiger partial charge in [-0.25, -0.2) is 0 Å². The summed E-state index contributed by atoms with van der Waals surface area (Å²) < 4.78 is 11.0. The maximum atomic E-state index is 5.52. The Hall–Kier alpha value is -2.66. The molecule has 118 valence electrons. The minimum Gasteiger partial charge on any atom is -0.496 e. The molecule has 0 unspecified atom stereocenters. The molecule has 0 bridgehead atoms. The summed E-state index contributed by atoms with van der Waals surface area (Å²) in [6.45, 7) is 3.80. The van der Waals surface area contributed by atoms with Gasteiger partial charge in [0.2, 0.25) is 0 Å². The van der Waals surface area contributed by atoms with Crippen molar-refractivity contribution in [2.45, 2.75) is 19.3 Å². The van der Waals surface area contributed by atoms with Crippen LogP contribution in [0.5, 0.6) is 11.5 Å². The average Bonchev–Trinajstić information content (AvgIpc) is 2.60. The maximum Gasteiger partial charge on any atom is 0.126 e. The molecule has 0 N–H and O–H groups in total. The molecule has 0 aliphatic carbocycles. The van der Waals surface area contributed by atoms with Gasteiger partial charge in [0.15, 0.2) is 0 Å². The lowest BCUT2D eigenvalue weighted by Gasteiger charge is -2.14. The molecule has 2 heteroatoms. The number of methoxy groups -OCH3 is 2. The predicted octanol–water partition coefficient (Wildman–Crippen LogP) is 4.67. The van der Waals surface area contributed by atoms with Crippen molar-refractivity contribution in [2.24, 2.45) is 0 Å². The fourth-order valence-corrected chi connectivity index (χ4v) is 2.62. The number of rotatable bonds is 7. The van der Waals surface area contributed by atoms with Gasteiger partial charge in [0, 0.05) is 12.0 Å². The molecule has 2 aromatic rings. The predicted molar refractivity (Wildman–Crippen MR) is 96.0 cm³/mol. The lowest BCUT2D eigenvalue weighted by molar-refractivity contribution is 0.409. The van der Waals surface area contributed by atoms with Crippen molar-refractivity contribution in [3.63, 3.8) is 0 Å². The van der Waals surface area contributed by atoms with E-state index in [0.717, 1.165) is 41.0 Å². The molecule has 0 fully saturated rings. The van der Waals surface area contributed by atoms with Gasteiger partial charge in [0.25, 0.3) is 0 Å². The van der Waals surface area contributed by atoms with E-state index in [1.165, 1.54) is 5.56 Å². The molecule has 0 aliphatic heterocycles. The van der Waals surface area contributed by atoms with Gasteiger partial charge < -0.3 is 9.47 Å². The molecular weight excluding hydrogens is 284 g/mol. The molecule has 2 aromatic carbocycles. The Bertz CT molecular complexity index is 723. The molecule has 0 heterocycles. The Balaban J connectivity index is 2.50. The molecule has 0 amide bonds. The summed E-state index contributed by atoms with van der Waals surface area (Å²) in [7, 11) is 3.37. The van der Waals surface area contributed by atoms with E-state index in [2.05, 4.69) is 30.7 Å². The molecule has 2 nitrogen and oxygen atoms in total. The molecule has 0 atom stereocenters. The topological polar surface area (TPSA) is 18.5 Å². The van der Waals surface area contributed by atoms with Crippen molar-refractivity contribution < 1.29 is 9.47 Å². The number of ether oxygens (including phenoxy) is 2. The van der Waals surface area contributed by atoms with Crippen molar-refractivity contribution in [1.82, 2.24) is 0 Å². The first kappa shape index (κ1) is 16.7. The third-order valence-electron chi connectivity index (χ3n) is 3.77. The van der Waals surface area contributed by atoms with E-state index in [9.17, 15) is 0 Å². The fourth-order valence-electron chi connectivity index (χ4n) is 2.62. The van der Waals surface area contributed by atoms with Gasteiger partial charge in [0.05, 0.1) is 14.2 Å². The summed E-state index contributed by atoms with van der Waals surface area (Å²) >= 11 is 0. The van der Waals surface area contributed by atoms with Crippen LogP contribution in [0.3, 0.4) is 0 Å². The normalized spacial score (nSPS) is 9.96. The van der Waals surface area contributed by atoms with Crippen LogP contribution in [-0.4, -0.2) is 14.2 Å². The minimum atomic E-state index is 0.688. The van der Waals surface area contributed by atoms with Crippen molar-refractivity contribution in [3.05, 3.63) is 60.2 Å². The first-order chi connectivity index (χ1) is 11.2. The molecule has 2 rings (SSSR count). The second-order valence-corrected chi connectivity index (χ2v) is 5.26. The van der Waals surface area contributed by atoms with E-state index in [1.807, 2.05) is 24.3 Å². The van der Waals surface area contributed by atoms with Crippen LogP contribution in [0.1, 0.15) is 17.5 Å². The first-order valence-corrected chi connectivity index (χ1v) is 7.62. The van der Waals surface area contributed by atoms with E-state index in [4.69, 9.17) is 15.9 Å². The van der Waals surface area contributed by atoms with Crippen LogP contribution in [0.25, 0.3) is 11.1 Å². The Morgan fingerprint density at radius 1 is 1.09 bits per heavy atom. The minimum absolute atomic E-state index is 0.688. The second kappa shape index (κ2) is 8.10. The van der Waals surface area contributed by atoms with Gasteiger partial charge in [-0.3, -0.25) is 0 Å². The number of hydrogen-bond donors (Lipinski definition) is 0.